The molecule has 1 N–H and O–H groups in total. The number of ether oxygens (including phenoxy) is 1. The van der Waals surface area contributed by atoms with E-state index in [1.807, 2.05) is 42.5 Å². The first kappa shape index (κ1) is 22.1. The van der Waals surface area contributed by atoms with E-state index < -0.39 is 16.0 Å². The maximum atomic E-state index is 12.5. The molecule has 1 atom stereocenters. The highest BCUT2D eigenvalue weighted by molar-refractivity contribution is 7.89. The van der Waals surface area contributed by atoms with E-state index in [-0.39, 0.29) is 18.1 Å². The summed E-state index contributed by atoms with van der Waals surface area (Å²) in [6, 6.07) is 15.2. The standard InChI is InChI=1S/C23H27NO5S/c1-2-11-30(27,28)24-10-6-9-20(16-24)21-12-19(14-23(25)26)13-22(15-21)29-17-18-7-4-3-5-8-18/h2-5,7-8,12-13,15,20H,1,6,9-11,14,16-17H2,(H,25,26). The third-order valence-electron chi connectivity index (χ3n) is 5.17. The lowest BCUT2D eigenvalue weighted by Gasteiger charge is -2.32. The molecule has 1 aliphatic rings. The van der Waals surface area contributed by atoms with Gasteiger partial charge in [0, 0.05) is 13.1 Å². The fourth-order valence-corrected chi connectivity index (χ4v) is 5.07. The number of piperidine rings is 1. The maximum absolute atomic E-state index is 12.5. The van der Waals surface area contributed by atoms with Crippen LogP contribution in [0.15, 0.2) is 61.2 Å². The van der Waals surface area contributed by atoms with Crippen LogP contribution in [-0.4, -0.2) is 42.6 Å². The van der Waals surface area contributed by atoms with Crippen LogP contribution >= 0.6 is 0 Å². The first-order chi connectivity index (χ1) is 14.4. The fourth-order valence-electron chi connectivity index (χ4n) is 3.74. The van der Waals surface area contributed by atoms with Crippen molar-refractivity contribution in [2.75, 3.05) is 18.8 Å². The molecule has 2 aromatic rings. The number of carboxylic acids is 1. The normalized spacial score (nSPS) is 17.4. The van der Waals surface area contributed by atoms with Crippen LogP contribution < -0.4 is 4.74 Å². The van der Waals surface area contributed by atoms with Gasteiger partial charge in [-0.2, -0.15) is 0 Å². The summed E-state index contributed by atoms with van der Waals surface area (Å²) >= 11 is 0. The monoisotopic (exact) mass is 429 g/mol. The smallest absolute Gasteiger partial charge is 0.307 e. The van der Waals surface area contributed by atoms with Gasteiger partial charge in [0.1, 0.15) is 12.4 Å². The Morgan fingerprint density at radius 3 is 2.67 bits per heavy atom. The first-order valence-corrected chi connectivity index (χ1v) is 11.6. The molecule has 1 aliphatic heterocycles. The van der Waals surface area contributed by atoms with Crippen LogP contribution in [0.4, 0.5) is 0 Å². The van der Waals surface area contributed by atoms with Crippen molar-refractivity contribution in [3.63, 3.8) is 0 Å². The van der Waals surface area contributed by atoms with Crippen LogP contribution in [0.25, 0.3) is 0 Å². The second-order valence-corrected chi connectivity index (χ2v) is 9.53. The molecule has 0 bridgehead atoms. The van der Waals surface area contributed by atoms with Gasteiger partial charge < -0.3 is 9.84 Å². The van der Waals surface area contributed by atoms with E-state index in [9.17, 15) is 18.3 Å². The molecule has 0 radical (unpaired) electrons. The SMILES string of the molecule is C=CCS(=O)(=O)N1CCCC(c2cc(CC(=O)O)cc(OCc3ccccc3)c2)C1. The Morgan fingerprint density at radius 1 is 1.20 bits per heavy atom. The van der Waals surface area contributed by atoms with Crippen molar-refractivity contribution < 1.29 is 23.1 Å². The van der Waals surface area contributed by atoms with E-state index in [0.29, 0.717) is 31.0 Å². The van der Waals surface area contributed by atoms with E-state index in [1.165, 1.54) is 10.4 Å². The van der Waals surface area contributed by atoms with Gasteiger partial charge in [0.25, 0.3) is 0 Å². The Bertz CT molecular complexity index is 988. The maximum Gasteiger partial charge on any atom is 0.307 e. The Morgan fingerprint density at radius 2 is 1.97 bits per heavy atom. The number of carboxylic acid groups (broad SMARTS) is 1. The van der Waals surface area contributed by atoms with Gasteiger partial charge in [-0.3, -0.25) is 4.79 Å². The molecule has 0 aliphatic carbocycles. The number of nitrogens with zero attached hydrogens (tertiary/aromatic N) is 1. The quantitative estimate of drug-likeness (QED) is 0.616. The number of aliphatic carboxylic acids is 1. The van der Waals surface area contributed by atoms with E-state index in [1.54, 1.807) is 6.07 Å². The molecule has 0 aromatic heterocycles. The summed E-state index contributed by atoms with van der Waals surface area (Å²) in [5, 5.41) is 9.24. The molecule has 6 nitrogen and oxygen atoms in total. The predicted molar refractivity (Wildman–Crippen MR) is 116 cm³/mol. The third-order valence-corrected chi connectivity index (χ3v) is 6.95. The van der Waals surface area contributed by atoms with E-state index in [2.05, 4.69) is 6.58 Å². The van der Waals surface area contributed by atoms with Crippen molar-refractivity contribution in [3.8, 4) is 5.75 Å². The minimum atomic E-state index is -3.37. The van der Waals surface area contributed by atoms with Gasteiger partial charge in [0.2, 0.25) is 10.0 Å². The van der Waals surface area contributed by atoms with Crippen molar-refractivity contribution in [2.24, 2.45) is 0 Å². The molecule has 2 aromatic carbocycles. The van der Waals surface area contributed by atoms with Crippen LogP contribution in [0, 0.1) is 0 Å². The number of sulfonamides is 1. The lowest BCUT2D eigenvalue weighted by atomic mass is 9.90. The van der Waals surface area contributed by atoms with E-state index in [4.69, 9.17) is 4.74 Å². The van der Waals surface area contributed by atoms with Crippen LogP contribution in [0.5, 0.6) is 5.75 Å². The summed E-state index contributed by atoms with van der Waals surface area (Å²) < 4.78 is 32.4. The zero-order valence-corrected chi connectivity index (χ0v) is 17.7. The minimum absolute atomic E-state index is 0.00818. The highest BCUT2D eigenvalue weighted by Gasteiger charge is 2.29. The largest absolute Gasteiger partial charge is 0.489 e. The summed E-state index contributed by atoms with van der Waals surface area (Å²) in [5.41, 5.74) is 2.58. The molecule has 1 heterocycles. The fraction of sp³-hybridized carbons (Fsp3) is 0.348. The number of hydrogen-bond acceptors (Lipinski definition) is 4. The Balaban J connectivity index is 1.83. The second-order valence-electron chi connectivity index (χ2n) is 7.52. The van der Waals surface area contributed by atoms with Crippen LogP contribution in [0.1, 0.15) is 35.4 Å². The Hall–Kier alpha value is -2.64. The average molecular weight is 430 g/mol. The number of carbonyl (C=O) groups is 1. The molecule has 1 unspecified atom stereocenters. The van der Waals surface area contributed by atoms with Gasteiger partial charge in [-0.1, -0.05) is 42.5 Å². The van der Waals surface area contributed by atoms with Gasteiger partial charge >= 0.3 is 5.97 Å². The predicted octanol–water partition coefficient (Wildman–Crippen LogP) is 3.59. The number of rotatable bonds is 9. The summed E-state index contributed by atoms with van der Waals surface area (Å²) in [5.74, 6) is -0.408. The zero-order valence-electron chi connectivity index (χ0n) is 16.9. The molecule has 3 rings (SSSR count). The molecule has 160 valence electrons. The van der Waals surface area contributed by atoms with Crippen molar-refractivity contribution >= 4 is 16.0 Å². The molecular weight excluding hydrogens is 402 g/mol. The topological polar surface area (TPSA) is 83.9 Å². The highest BCUT2D eigenvalue weighted by Crippen LogP contribution is 2.32. The first-order valence-electron chi connectivity index (χ1n) is 9.98. The highest BCUT2D eigenvalue weighted by atomic mass is 32.2. The van der Waals surface area contributed by atoms with Gasteiger partial charge in [0.15, 0.2) is 0 Å². The second kappa shape index (κ2) is 9.91. The summed E-state index contributed by atoms with van der Waals surface area (Å²) in [6.07, 6.45) is 2.89. The zero-order chi connectivity index (χ0) is 21.6. The molecule has 1 fully saturated rings. The lowest BCUT2D eigenvalue weighted by molar-refractivity contribution is -0.136. The van der Waals surface area contributed by atoms with Crippen molar-refractivity contribution in [1.29, 1.82) is 0 Å². The third kappa shape index (κ3) is 5.93. The summed E-state index contributed by atoms with van der Waals surface area (Å²) in [6.45, 7) is 4.79. The number of hydrogen-bond donors (Lipinski definition) is 1. The Kier molecular flexibility index (Phi) is 7.29. The average Bonchev–Trinajstić information content (AvgIpc) is 2.72. The molecule has 0 saturated carbocycles. The van der Waals surface area contributed by atoms with Gasteiger partial charge in [0.05, 0.1) is 12.2 Å². The van der Waals surface area contributed by atoms with Crippen LogP contribution in [0.2, 0.25) is 0 Å². The molecule has 0 amide bonds. The molecule has 7 heteroatoms. The summed E-state index contributed by atoms with van der Waals surface area (Å²) in [7, 11) is -3.37. The molecular formula is C23H27NO5S. The van der Waals surface area contributed by atoms with Crippen molar-refractivity contribution in [2.45, 2.75) is 31.8 Å². The molecule has 30 heavy (non-hydrogen) atoms. The van der Waals surface area contributed by atoms with Crippen molar-refractivity contribution in [3.05, 3.63) is 77.9 Å². The Labute approximate surface area is 177 Å². The van der Waals surface area contributed by atoms with Crippen LogP contribution in [0.3, 0.4) is 0 Å². The van der Waals surface area contributed by atoms with Crippen molar-refractivity contribution in [1.82, 2.24) is 4.31 Å². The van der Waals surface area contributed by atoms with E-state index >= 15 is 0 Å². The molecule has 0 spiro atoms. The van der Waals surface area contributed by atoms with Gasteiger partial charge in [-0.05, 0) is 47.6 Å². The summed E-state index contributed by atoms with van der Waals surface area (Å²) in [4.78, 5) is 11.3. The van der Waals surface area contributed by atoms with Gasteiger partial charge in [-0.25, -0.2) is 12.7 Å². The van der Waals surface area contributed by atoms with Gasteiger partial charge in [-0.15, -0.1) is 6.58 Å². The number of benzene rings is 2. The lowest BCUT2D eigenvalue weighted by Crippen LogP contribution is -2.40. The minimum Gasteiger partial charge on any atom is -0.489 e. The van der Waals surface area contributed by atoms with Crippen LogP contribution in [-0.2, 0) is 27.8 Å². The van der Waals surface area contributed by atoms with E-state index in [0.717, 1.165) is 24.0 Å². The molecule has 1 saturated heterocycles.